The highest BCUT2D eigenvalue weighted by molar-refractivity contribution is 7.09. The highest BCUT2D eigenvalue weighted by atomic mass is 35.5. The largest absolute Gasteiger partial charge is 0.323 e. The first-order valence-corrected chi connectivity index (χ1v) is 6.43. The molecule has 0 radical (unpaired) electrons. The molecule has 5 heteroatoms. The molecule has 90 valence electrons. The van der Waals surface area contributed by atoms with Crippen LogP contribution in [0.15, 0.2) is 23.7 Å². The van der Waals surface area contributed by atoms with Gasteiger partial charge in [0.2, 0.25) is 0 Å². The van der Waals surface area contributed by atoms with Crippen LogP contribution in [0.3, 0.4) is 0 Å². The number of halogens is 2. The van der Waals surface area contributed by atoms with Crippen LogP contribution in [0.25, 0.3) is 0 Å². The fourth-order valence-electron chi connectivity index (χ4n) is 1.68. The Kier molecular flexibility index (Phi) is 3.76. The summed E-state index contributed by atoms with van der Waals surface area (Å²) in [5.41, 5.74) is 9.76. The van der Waals surface area contributed by atoms with Crippen molar-refractivity contribution in [2.75, 3.05) is 0 Å². The van der Waals surface area contributed by atoms with Gasteiger partial charge in [-0.15, -0.1) is 11.3 Å². The Labute approximate surface area is 108 Å². The third kappa shape index (κ3) is 2.83. The van der Waals surface area contributed by atoms with Gasteiger partial charge < -0.3 is 5.73 Å². The van der Waals surface area contributed by atoms with E-state index < -0.39 is 5.82 Å². The first kappa shape index (κ1) is 12.5. The lowest BCUT2D eigenvalue weighted by Crippen LogP contribution is -2.13. The molecule has 17 heavy (non-hydrogen) atoms. The smallest absolute Gasteiger partial charge is 0.141 e. The highest BCUT2D eigenvalue weighted by Gasteiger charge is 2.13. The Morgan fingerprint density at radius 1 is 1.53 bits per heavy atom. The predicted molar refractivity (Wildman–Crippen MR) is 68.9 cm³/mol. The van der Waals surface area contributed by atoms with Crippen LogP contribution < -0.4 is 5.73 Å². The third-order valence-electron chi connectivity index (χ3n) is 2.56. The van der Waals surface area contributed by atoms with Crippen LogP contribution in [0, 0.1) is 12.7 Å². The van der Waals surface area contributed by atoms with Gasteiger partial charge in [0.25, 0.3) is 0 Å². The van der Waals surface area contributed by atoms with Gasteiger partial charge in [-0.2, -0.15) is 0 Å². The van der Waals surface area contributed by atoms with Crippen molar-refractivity contribution < 1.29 is 4.39 Å². The quantitative estimate of drug-likeness (QED) is 0.927. The Morgan fingerprint density at radius 3 is 2.88 bits per heavy atom. The van der Waals surface area contributed by atoms with E-state index in [0.717, 1.165) is 16.1 Å². The molecule has 1 aromatic carbocycles. The van der Waals surface area contributed by atoms with Gasteiger partial charge in [-0.25, -0.2) is 9.37 Å². The van der Waals surface area contributed by atoms with Crippen LogP contribution in [0.1, 0.15) is 22.2 Å². The van der Waals surface area contributed by atoms with E-state index in [9.17, 15) is 4.39 Å². The molecule has 2 rings (SSSR count). The number of nitrogens with zero attached hydrogens (tertiary/aromatic N) is 1. The molecule has 0 bridgehead atoms. The van der Waals surface area contributed by atoms with Gasteiger partial charge in [0.1, 0.15) is 5.82 Å². The van der Waals surface area contributed by atoms with Crippen molar-refractivity contribution in [1.29, 1.82) is 0 Å². The molecular weight excluding hydrogens is 259 g/mol. The molecule has 0 spiro atoms. The maximum Gasteiger partial charge on any atom is 0.141 e. The lowest BCUT2D eigenvalue weighted by Gasteiger charge is -2.10. The number of nitrogens with two attached hydrogens (primary N) is 1. The van der Waals surface area contributed by atoms with Crippen molar-refractivity contribution in [1.82, 2.24) is 4.98 Å². The van der Waals surface area contributed by atoms with Gasteiger partial charge in [0.15, 0.2) is 0 Å². The molecule has 2 N–H and O–H groups in total. The van der Waals surface area contributed by atoms with Crippen molar-refractivity contribution in [2.24, 2.45) is 5.73 Å². The van der Waals surface area contributed by atoms with Crippen LogP contribution in [-0.2, 0) is 6.42 Å². The van der Waals surface area contributed by atoms with Crippen LogP contribution in [0.5, 0.6) is 0 Å². The summed E-state index contributed by atoms with van der Waals surface area (Å²) >= 11 is 7.27. The van der Waals surface area contributed by atoms with E-state index in [1.165, 1.54) is 6.07 Å². The Morgan fingerprint density at radius 2 is 2.29 bits per heavy atom. The summed E-state index contributed by atoms with van der Waals surface area (Å²) in [5.74, 6) is -0.405. The van der Waals surface area contributed by atoms with Crippen molar-refractivity contribution >= 4 is 22.9 Å². The summed E-state index contributed by atoms with van der Waals surface area (Å²) < 4.78 is 13.0. The molecule has 0 aliphatic carbocycles. The lowest BCUT2D eigenvalue weighted by molar-refractivity contribution is 0.626. The Balaban J connectivity index is 2.16. The minimum absolute atomic E-state index is 0.121. The van der Waals surface area contributed by atoms with Gasteiger partial charge in [-0.3, -0.25) is 0 Å². The zero-order chi connectivity index (χ0) is 12.4. The number of aryl methyl sites for hydroxylation is 1. The first-order valence-electron chi connectivity index (χ1n) is 5.17. The average Bonchev–Trinajstić information content (AvgIpc) is 2.70. The second-order valence-electron chi connectivity index (χ2n) is 3.86. The standard InChI is InChI=1S/C12H12ClFN2S/c1-7-12(17-6-16-7)11(15)5-8-2-3-10(14)9(13)4-8/h2-4,6,11H,5,15H2,1H3. The molecule has 1 atom stereocenters. The van der Waals surface area contributed by atoms with E-state index in [1.54, 1.807) is 29.0 Å². The van der Waals surface area contributed by atoms with Gasteiger partial charge in [0, 0.05) is 10.9 Å². The molecular formula is C12H12ClFN2S. The molecule has 0 fully saturated rings. The summed E-state index contributed by atoms with van der Waals surface area (Å²) in [4.78, 5) is 5.22. The second-order valence-corrected chi connectivity index (χ2v) is 5.15. The molecule has 1 unspecified atom stereocenters. The second kappa shape index (κ2) is 5.12. The molecule has 0 saturated heterocycles. The first-order chi connectivity index (χ1) is 8.08. The van der Waals surface area contributed by atoms with Gasteiger partial charge in [0.05, 0.1) is 16.2 Å². The summed E-state index contributed by atoms with van der Waals surface area (Å²) in [6, 6.07) is 4.57. The van der Waals surface area contributed by atoms with Crippen LogP contribution >= 0.6 is 22.9 Å². The number of thiazole rings is 1. The summed E-state index contributed by atoms with van der Waals surface area (Å²) in [7, 11) is 0. The molecule has 0 amide bonds. The third-order valence-corrected chi connectivity index (χ3v) is 3.91. The normalized spacial score (nSPS) is 12.7. The molecule has 0 aliphatic heterocycles. The maximum atomic E-state index is 13.0. The lowest BCUT2D eigenvalue weighted by atomic mass is 10.0. The minimum Gasteiger partial charge on any atom is -0.323 e. The van der Waals surface area contributed by atoms with E-state index in [0.29, 0.717) is 6.42 Å². The van der Waals surface area contributed by atoms with E-state index in [-0.39, 0.29) is 11.1 Å². The maximum absolute atomic E-state index is 13.0. The number of hydrogen-bond donors (Lipinski definition) is 1. The Bertz CT molecular complexity index is 527. The summed E-state index contributed by atoms with van der Waals surface area (Å²) in [6.07, 6.45) is 0.628. The van der Waals surface area contributed by atoms with Crippen molar-refractivity contribution in [3.63, 3.8) is 0 Å². The van der Waals surface area contributed by atoms with E-state index in [4.69, 9.17) is 17.3 Å². The molecule has 1 heterocycles. The number of rotatable bonds is 3. The zero-order valence-electron chi connectivity index (χ0n) is 9.28. The predicted octanol–water partition coefficient (Wildman–Crippen LogP) is 3.49. The SMILES string of the molecule is Cc1ncsc1C(N)Cc1ccc(F)c(Cl)c1. The average molecular weight is 271 g/mol. The summed E-state index contributed by atoms with van der Waals surface area (Å²) in [5, 5.41) is 0.135. The van der Waals surface area contributed by atoms with E-state index in [2.05, 4.69) is 4.98 Å². The van der Waals surface area contributed by atoms with E-state index in [1.807, 2.05) is 6.92 Å². The van der Waals surface area contributed by atoms with Crippen molar-refractivity contribution in [3.8, 4) is 0 Å². The van der Waals surface area contributed by atoms with Crippen molar-refractivity contribution in [3.05, 3.63) is 50.7 Å². The van der Waals surface area contributed by atoms with Crippen LogP contribution in [-0.4, -0.2) is 4.98 Å². The number of hydrogen-bond acceptors (Lipinski definition) is 3. The summed E-state index contributed by atoms with van der Waals surface area (Å²) in [6.45, 7) is 1.93. The van der Waals surface area contributed by atoms with Gasteiger partial charge in [-0.05, 0) is 31.0 Å². The van der Waals surface area contributed by atoms with Gasteiger partial charge in [-0.1, -0.05) is 17.7 Å². The molecule has 0 saturated carbocycles. The fourth-order valence-corrected chi connectivity index (χ4v) is 2.69. The van der Waals surface area contributed by atoms with Crippen molar-refractivity contribution in [2.45, 2.75) is 19.4 Å². The van der Waals surface area contributed by atoms with Gasteiger partial charge >= 0.3 is 0 Å². The monoisotopic (exact) mass is 270 g/mol. The minimum atomic E-state index is -0.405. The molecule has 0 aliphatic rings. The van der Waals surface area contributed by atoms with Crippen LogP contribution in [0.2, 0.25) is 5.02 Å². The topological polar surface area (TPSA) is 38.9 Å². The number of benzene rings is 1. The molecule has 1 aromatic heterocycles. The van der Waals surface area contributed by atoms with E-state index >= 15 is 0 Å². The molecule has 2 aromatic rings. The molecule has 2 nitrogen and oxygen atoms in total. The zero-order valence-corrected chi connectivity index (χ0v) is 10.9. The van der Waals surface area contributed by atoms with Crippen LogP contribution in [0.4, 0.5) is 4.39 Å². The number of aromatic nitrogens is 1. The highest BCUT2D eigenvalue weighted by Crippen LogP contribution is 2.24. The fraction of sp³-hybridized carbons (Fsp3) is 0.250. The Hall–Kier alpha value is -0.970.